The predicted octanol–water partition coefficient (Wildman–Crippen LogP) is 1.96. The van der Waals surface area contributed by atoms with Crippen molar-refractivity contribution in [2.24, 2.45) is 11.7 Å². The number of rotatable bonds is 7. The molecular formula is C19H30N2O3. The summed E-state index contributed by atoms with van der Waals surface area (Å²) in [7, 11) is 1.82. The Balaban J connectivity index is 1.68. The van der Waals surface area contributed by atoms with Gasteiger partial charge in [-0.15, -0.1) is 0 Å². The van der Waals surface area contributed by atoms with Crippen LogP contribution in [0.5, 0.6) is 5.75 Å². The average molecular weight is 334 g/mol. The van der Waals surface area contributed by atoms with E-state index in [4.69, 9.17) is 10.5 Å². The van der Waals surface area contributed by atoms with Gasteiger partial charge in [-0.05, 0) is 49.8 Å². The summed E-state index contributed by atoms with van der Waals surface area (Å²) in [4.78, 5) is 14.2. The molecule has 0 aromatic heterocycles. The van der Waals surface area contributed by atoms with Crippen LogP contribution in [-0.4, -0.2) is 48.3 Å². The molecule has 5 heteroatoms. The van der Waals surface area contributed by atoms with Crippen molar-refractivity contribution >= 4 is 5.91 Å². The van der Waals surface area contributed by atoms with E-state index in [1.807, 2.05) is 19.2 Å². The van der Waals surface area contributed by atoms with Crippen molar-refractivity contribution < 1.29 is 14.6 Å². The number of ether oxygens (including phenoxy) is 1. The quantitative estimate of drug-likeness (QED) is 0.748. The second-order valence-electron chi connectivity index (χ2n) is 6.70. The Labute approximate surface area is 144 Å². The van der Waals surface area contributed by atoms with E-state index in [9.17, 15) is 9.90 Å². The summed E-state index contributed by atoms with van der Waals surface area (Å²) < 4.78 is 5.72. The van der Waals surface area contributed by atoms with Gasteiger partial charge in [0.1, 0.15) is 5.75 Å². The molecule has 1 fully saturated rings. The standard InChI is InChI=1S/C19H30N2O3/c1-3-14-5-8-16(9-6-14)24-12-4-11-21(2)19(23)15-7-10-17(20)18(22)13-15/h5-6,8-9,15,17-18,22H,3-4,7,10-13,20H2,1-2H3/t15-,17+,18+/m0/s1. The number of aliphatic hydroxyl groups is 1. The van der Waals surface area contributed by atoms with Gasteiger partial charge in [0.25, 0.3) is 0 Å². The number of carbonyl (C=O) groups excluding carboxylic acids is 1. The minimum absolute atomic E-state index is 0.104. The Bertz CT molecular complexity index is 518. The normalized spacial score (nSPS) is 23.8. The Hall–Kier alpha value is -1.59. The molecule has 24 heavy (non-hydrogen) atoms. The first-order valence-corrected chi connectivity index (χ1v) is 8.91. The summed E-state index contributed by atoms with van der Waals surface area (Å²) in [6.07, 6.45) is 3.20. The van der Waals surface area contributed by atoms with E-state index in [0.717, 1.165) is 25.0 Å². The highest BCUT2D eigenvalue weighted by molar-refractivity contribution is 5.78. The maximum absolute atomic E-state index is 12.4. The van der Waals surface area contributed by atoms with Crippen molar-refractivity contribution in [3.63, 3.8) is 0 Å². The van der Waals surface area contributed by atoms with Gasteiger partial charge in [-0.1, -0.05) is 19.1 Å². The fraction of sp³-hybridized carbons (Fsp3) is 0.632. The number of hydrogen-bond acceptors (Lipinski definition) is 4. The molecule has 1 aliphatic rings. The van der Waals surface area contributed by atoms with Gasteiger partial charge in [0.2, 0.25) is 5.91 Å². The molecule has 134 valence electrons. The van der Waals surface area contributed by atoms with Gasteiger partial charge in [0, 0.05) is 25.6 Å². The van der Waals surface area contributed by atoms with Crippen LogP contribution in [0.3, 0.4) is 0 Å². The maximum Gasteiger partial charge on any atom is 0.225 e. The predicted molar refractivity (Wildman–Crippen MR) is 94.9 cm³/mol. The summed E-state index contributed by atoms with van der Waals surface area (Å²) in [5.41, 5.74) is 7.09. The largest absolute Gasteiger partial charge is 0.494 e. The Kier molecular flexibility index (Phi) is 7.06. The first-order chi connectivity index (χ1) is 11.5. The summed E-state index contributed by atoms with van der Waals surface area (Å²) in [6.45, 7) is 3.37. The molecule has 0 bridgehead atoms. The second kappa shape index (κ2) is 9.04. The van der Waals surface area contributed by atoms with Crippen molar-refractivity contribution in [3.05, 3.63) is 29.8 Å². The zero-order chi connectivity index (χ0) is 17.5. The fourth-order valence-electron chi connectivity index (χ4n) is 3.13. The summed E-state index contributed by atoms with van der Waals surface area (Å²) in [5, 5.41) is 9.84. The third-order valence-electron chi connectivity index (χ3n) is 4.83. The molecule has 1 aromatic rings. The molecular weight excluding hydrogens is 304 g/mol. The van der Waals surface area contributed by atoms with Gasteiger partial charge in [0.15, 0.2) is 0 Å². The zero-order valence-corrected chi connectivity index (χ0v) is 14.8. The van der Waals surface area contributed by atoms with Crippen molar-refractivity contribution in [1.82, 2.24) is 4.90 Å². The van der Waals surface area contributed by atoms with Gasteiger partial charge in [0.05, 0.1) is 12.7 Å². The van der Waals surface area contributed by atoms with Crippen LogP contribution >= 0.6 is 0 Å². The van der Waals surface area contributed by atoms with Crippen LogP contribution in [0.4, 0.5) is 0 Å². The van der Waals surface area contributed by atoms with E-state index < -0.39 is 6.10 Å². The van der Waals surface area contributed by atoms with Crippen molar-refractivity contribution in [2.75, 3.05) is 20.2 Å². The highest BCUT2D eigenvalue weighted by Gasteiger charge is 2.32. The molecule has 0 saturated heterocycles. The van der Waals surface area contributed by atoms with E-state index >= 15 is 0 Å². The van der Waals surface area contributed by atoms with Gasteiger partial charge < -0.3 is 20.5 Å². The van der Waals surface area contributed by atoms with E-state index in [0.29, 0.717) is 26.0 Å². The van der Waals surface area contributed by atoms with Gasteiger partial charge in [-0.25, -0.2) is 0 Å². The van der Waals surface area contributed by atoms with Crippen LogP contribution in [0.2, 0.25) is 0 Å². The molecule has 0 radical (unpaired) electrons. The van der Waals surface area contributed by atoms with Crippen LogP contribution in [-0.2, 0) is 11.2 Å². The average Bonchev–Trinajstić information content (AvgIpc) is 2.60. The van der Waals surface area contributed by atoms with Crippen LogP contribution in [0.25, 0.3) is 0 Å². The molecule has 5 nitrogen and oxygen atoms in total. The highest BCUT2D eigenvalue weighted by Crippen LogP contribution is 2.25. The van der Waals surface area contributed by atoms with Gasteiger partial charge >= 0.3 is 0 Å². The van der Waals surface area contributed by atoms with Crippen LogP contribution in [0.1, 0.15) is 38.2 Å². The Morgan fingerprint density at radius 2 is 2.04 bits per heavy atom. The molecule has 0 spiro atoms. The number of aryl methyl sites for hydroxylation is 1. The lowest BCUT2D eigenvalue weighted by molar-refractivity contribution is -0.136. The lowest BCUT2D eigenvalue weighted by Crippen LogP contribution is -2.45. The summed E-state index contributed by atoms with van der Waals surface area (Å²) in [5.74, 6) is 0.867. The summed E-state index contributed by atoms with van der Waals surface area (Å²) in [6, 6.07) is 7.93. The molecule has 0 heterocycles. The molecule has 1 aliphatic carbocycles. The Morgan fingerprint density at radius 1 is 1.33 bits per heavy atom. The van der Waals surface area contributed by atoms with E-state index in [-0.39, 0.29) is 17.9 Å². The monoisotopic (exact) mass is 334 g/mol. The SMILES string of the molecule is CCc1ccc(OCCCN(C)C(=O)[C@H]2CC[C@@H](N)[C@H](O)C2)cc1. The fourth-order valence-corrected chi connectivity index (χ4v) is 3.13. The summed E-state index contributed by atoms with van der Waals surface area (Å²) >= 11 is 0. The minimum atomic E-state index is -0.560. The number of carbonyl (C=O) groups is 1. The Morgan fingerprint density at radius 3 is 2.67 bits per heavy atom. The van der Waals surface area contributed by atoms with Crippen molar-refractivity contribution in [3.8, 4) is 5.75 Å². The first-order valence-electron chi connectivity index (χ1n) is 8.91. The number of benzene rings is 1. The molecule has 3 N–H and O–H groups in total. The van der Waals surface area contributed by atoms with Crippen LogP contribution in [0.15, 0.2) is 24.3 Å². The lowest BCUT2D eigenvalue weighted by Gasteiger charge is -2.32. The zero-order valence-electron chi connectivity index (χ0n) is 14.8. The third kappa shape index (κ3) is 5.21. The number of nitrogens with zero attached hydrogens (tertiary/aromatic N) is 1. The molecule has 0 aliphatic heterocycles. The van der Waals surface area contributed by atoms with Crippen molar-refractivity contribution in [1.29, 1.82) is 0 Å². The van der Waals surface area contributed by atoms with Gasteiger partial charge in [-0.3, -0.25) is 4.79 Å². The maximum atomic E-state index is 12.4. The molecule has 1 amide bonds. The minimum Gasteiger partial charge on any atom is -0.494 e. The number of nitrogens with two attached hydrogens (primary N) is 1. The number of hydrogen-bond donors (Lipinski definition) is 2. The molecule has 1 saturated carbocycles. The third-order valence-corrected chi connectivity index (χ3v) is 4.83. The number of amides is 1. The van der Waals surface area contributed by atoms with E-state index in [2.05, 4.69) is 19.1 Å². The number of aliphatic hydroxyl groups excluding tert-OH is 1. The first kappa shape index (κ1) is 18.7. The van der Waals surface area contributed by atoms with Crippen molar-refractivity contribution in [2.45, 2.75) is 51.2 Å². The van der Waals surface area contributed by atoms with Crippen LogP contribution in [0, 0.1) is 5.92 Å². The lowest BCUT2D eigenvalue weighted by atomic mass is 9.83. The smallest absolute Gasteiger partial charge is 0.225 e. The van der Waals surface area contributed by atoms with Crippen LogP contribution < -0.4 is 10.5 Å². The van der Waals surface area contributed by atoms with E-state index in [1.54, 1.807) is 4.90 Å². The highest BCUT2D eigenvalue weighted by atomic mass is 16.5. The van der Waals surface area contributed by atoms with E-state index in [1.165, 1.54) is 5.56 Å². The second-order valence-corrected chi connectivity index (χ2v) is 6.70. The molecule has 0 unspecified atom stereocenters. The molecule has 2 rings (SSSR count). The topological polar surface area (TPSA) is 75.8 Å². The molecule has 3 atom stereocenters. The molecule has 1 aromatic carbocycles. The van der Waals surface area contributed by atoms with Gasteiger partial charge in [-0.2, -0.15) is 0 Å².